The molecule has 3 rings (SSSR count). The Kier molecular flexibility index (Phi) is 6.95. The molecule has 0 radical (unpaired) electrons. The molecule has 0 N–H and O–H groups in total. The van der Waals surface area contributed by atoms with Crippen LogP contribution in [0.4, 0.5) is 4.39 Å². The van der Waals surface area contributed by atoms with Crippen molar-refractivity contribution < 1.29 is 23.4 Å². The van der Waals surface area contributed by atoms with Crippen LogP contribution in [0.5, 0.6) is 11.5 Å². The highest BCUT2D eigenvalue weighted by Gasteiger charge is 2.18. The van der Waals surface area contributed by atoms with Crippen LogP contribution in [0, 0.1) is 5.82 Å². The maximum Gasteiger partial charge on any atom is 0.315 e. The van der Waals surface area contributed by atoms with Gasteiger partial charge in [-0.15, -0.1) is 0 Å². The smallest absolute Gasteiger partial charge is 0.315 e. The van der Waals surface area contributed by atoms with E-state index in [0.29, 0.717) is 41.9 Å². The molecule has 148 valence electrons. The second-order valence-corrected chi connectivity index (χ2v) is 6.66. The second kappa shape index (κ2) is 9.61. The number of carbonyl (C=O) groups excluding carboxylic acids is 1. The maximum absolute atomic E-state index is 13.0. The summed E-state index contributed by atoms with van der Waals surface area (Å²) in [5, 5.41) is 0. The Hall–Kier alpha value is -2.51. The molecular formula is C21H22FNO4S. The lowest BCUT2D eigenvalue weighted by atomic mass is 10.1. The topological polar surface area (TPSA) is 48.0 Å². The van der Waals surface area contributed by atoms with Gasteiger partial charge in [0.05, 0.1) is 26.2 Å². The molecule has 1 aliphatic heterocycles. The van der Waals surface area contributed by atoms with Crippen molar-refractivity contribution in [2.45, 2.75) is 13.3 Å². The van der Waals surface area contributed by atoms with Gasteiger partial charge in [-0.2, -0.15) is 0 Å². The predicted octanol–water partition coefficient (Wildman–Crippen LogP) is 3.38. The van der Waals surface area contributed by atoms with E-state index in [1.54, 1.807) is 24.3 Å². The van der Waals surface area contributed by atoms with Gasteiger partial charge < -0.3 is 19.1 Å². The second-order valence-electron chi connectivity index (χ2n) is 6.28. The molecule has 0 unspecified atom stereocenters. The van der Waals surface area contributed by atoms with E-state index in [1.165, 1.54) is 12.1 Å². The number of benzene rings is 2. The summed E-state index contributed by atoms with van der Waals surface area (Å²) >= 11 is 5.59. The third kappa shape index (κ3) is 5.27. The molecular weight excluding hydrogens is 381 g/mol. The SMILES string of the molecule is CCOc1cc(C(=S)N2CCOCC2)ccc1OC(=O)Cc1ccc(F)cc1. The molecule has 5 nitrogen and oxygen atoms in total. The molecule has 1 saturated heterocycles. The van der Waals surface area contributed by atoms with E-state index in [0.717, 1.165) is 18.7 Å². The highest BCUT2D eigenvalue weighted by atomic mass is 32.1. The largest absolute Gasteiger partial charge is 0.490 e. The fourth-order valence-electron chi connectivity index (χ4n) is 2.87. The molecule has 0 saturated carbocycles. The number of thiocarbonyl (C=S) groups is 1. The minimum Gasteiger partial charge on any atom is -0.490 e. The average molecular weight is 403 g/mol. The lowest BCUT2D eigenvalue weighted by Gasteiger charge is -2.29. The number of nitrogens with zero attached hydrogens (tertiary/aromatic N) is 1. The number of hydrogen-bond donors (Lipinski definition) is 0. The predicted molar refractivity (Wildman–Crippen MR) is 107 cm³/mol. The van der Waals surface area contributed by atoms with Crippen molar-refractivity contribution in [3.63, 3.8) is 0 Å². The molecule has 0 atom stereocenters. The van der Waals surface area contributed by atoms with Gasteiger partial charge in [-0.3, -0.25) is 4.79 Å². The Balaban J connectivity index is 1.72. The maximum atomic E-state index is 13.0. The van der Waals surface area contributed by atoms with E-state index in [1.807, 2.05) is 13.0 Å². The summed E-state index contributed by atoms with van der Waals surface area (Å²) in [6, 6.07) is 11.1. The molecule has 0 bridgehead atoms. The van der Waals surface area contributed by atoms with Crippen LogP contribution in [0.25, 0.3) is 0 Å². The van der Waals surface area contributed by atoms with Crippen molar-refractivity contribution in [1.29, 1.82) is 0 Å². The standard InChI is InChI=1S/C21H22FNO4S/c1-2-26-19-14-16(21(28)23-9-11-25-12-10-23)5-8-18(19)27-20(24)13-15-3-6-17(22)7-4-15/h3-8,14H,2,9-13H2,1H3. The van der Waals surface area contributed by atoms with E-state index in [2.05, 4.69) is 4.90 Å². The van der Waals surface area contributed by atoms with Gasteiger partial charge in [0, 0.05) is 18.7 Å². The van der Waals surface area contributed by atoms with Crippen molar-refractivity contribution >= 4 is 23.2 Å². The molecule has 0 amide bonds. The fourth-order valence-corrected chi connectivity index (χ4v) is 3.18. The van der Waals surface area contributed by atoms with Gasteiger partial charge in [-0.05, 0) is 42.8 Å². The lowest BCUT2D eigenvalue weighted by molar-refractivity contribution is -0.133. The minimum absolute atomic E-state index is 0.0415. The lowest BCUT2D eigenvalue weighted by Crippen LogP contribution is -2.40. The Morgan fingerprint density at radius 1 is 1.14 bits per heavy atom. The molecule has 0 spiro atoms. The zero-order valence-electron chi connectivity index (χ0n) is 15.7. The highest BCUT2D eigenvalue weighted by Crippen LogP contribution is 2.30. The number of esters is 1. The summed E-state index contributed by atoms with van der Waals surface area (Å²) in [5.41, 5.74) is 1.51. The van der Waals surface area contributed by atoms with Crippen LogP contribution < -0.4 is 9.47 Å². The first-order valence-electron chi connectivity index (χ1n) is 9.16. The monoisotopic (exact) mass is 403 g/mol. The van der Waals surface area contributed by atoms with E-state index in [9.17, 15) is 9.18 Å². The van der Waals surface area contributed by atoms with Gasteiger partial charge in [0.1, 0.15) is 10.8 Å². The Labute approximate surface area is 169 Å². The molecule has 2 aromatic rings. The van der Waals surface area contributed by atoms with Gasteiger partial charge in [-0.1, -0.05) is 24.4 Å². The molecule has 1 heterocycles. The van der Waals surface area contributed by atoms with Gasteiger partial charge >= 0.3 is 5.97 Å². The average Bonchev–Trinajstić information content (AvgIpc) is 2.71. The molecule has 7 heteroatoms. The zero-order chi connectivity index (χ0) is 19.9. The van der Waals surface area contributed by atoms with E-state index in [4.69, 9.17) is 26.4 Å². The Bertz CT molecular complexity index is 835. The first-order valence-corrected chi connectivity index (χ1v) is 9.56. The first-order chi connectivity index (χ1) is 13.6. The number of hydrogen-bond acceptors (Lipinski definition) is 5. The summed E-state index contributed by atoms with van der Waals surface area (Å²) in [6.07, 6.45) is 0.0415. The number of ether oxygens (including phenoxy) is 3. The van der Waals surface area contributed by atoms with Crippen molar-refractivity contribution in [2.24, 2.45) is 0 Å². The van der Waals surface area contributed by atoms with Crippen LogP contribution in [0.15, 0.2) is 42.5 Å². The summed E-state index contributed by atoms with van der Waals surface area (Å²) < 4.78 is 29.5. The van der Waals surface area contributed by atoms with Gasteiger partial charge in [0.25, 0.3) is 0 Å². The Morgan fingerprint density at radius 2 is 1.86 bits per heavy atom. The van der Waals surface area contributed by atoms with Crippen LogP contribution in [0.1, 0.15) is 18.1 Å². The van der Waals surface area contributed by atoms with E-state index in [-0.39, 0.29) is 12.2 Å². The fraction of sp³-hybridized carbons (Fsp3) is 0.333. The summed E-state index contributed by atoms with van der Waals surface area (Å²) in [5.74, 6) is 0.00389. The summed E-state index contributed by atoms with van der Waals surface area (Å²) in [6.45, 7) is 5.08. The van der Waals surface area contributed by atoms with Crippen molar-refractivity contribution in [3.8, 4) is 11.5 Å². The third-order valence-corrected chi connectivity index (χ3v) is 4.77. The highest BCUT2D eigenvalue weighted by molar-refractivity contribution is 7.80. The molecule has 28 heavy (non-hydrogen) atoms. The van der Waals surface area contributed by atoms with Crippen molar-refractivity contribution in [2.75, 3.05) is 32.9 Å². The summed E-state index contributed by atoms with van der Waals surface area (Å²) in [4.78, 5) is 15.1. The van der Waals surface area contributed by atoms with Crippen LogP contribution in [0.3, 0.4) is 0 Å². The zero-order valence-corrected chi connectivity index (χ0v) is 16.5. The van der Waals surface area contributed by atoms with E-state index < -0.39 is 5.97 Å². The molecule has 1 aliphatic rings. The normalized spacial score (nSPS) is 13.9. The first kappa shape index (κ1) is 20.2. The van der Waals surface area contributed by atoms with Crippen LogP contribution in [-0.2, 0) is 16.0 Å². The number of morpholine rings is 1. The van der Waals surface area contributed by atoms with Gasteiger partial charge in [-0.25, -0.2) is 4.39 Å². The van der Waals surface area contributed by atoms with Crippen LogP contribution >= 0.6 is 12.2 Å². The van der Waals surface area contributed by atoms with Crippen molar-refractivity contribution in [3.05, 3.63) is 59.4 Å². The molecule has 0 aromatic heterocycles. The molecule has 2 aromatic carbocycles. The van der Waals surface area contributed by atoms with Crippen molar-refractivity contribution in [1.82, 2.24) is 4.90 Å². The third-order valence-electron chi connectivity index (χ3n) is 4.27. The van der Waals surface area contributed by atoms with E-state index >= 15 is 0 Å². The number of halogens is 1. The van der Waals surface area contributed by atoms with Crippen LogP contribution in [-0.4, -0.2) is 48.8 Å². The molecule has 1 fully saturated rings. The van der Waals surface area contributed by atoms with Crippen LogP contribution in [0.2, 0.25) is 0 Å². The van der Waals surface area contributed by atoms with Gasteiger partial charge in [0.15, 0.2) is 11.5 Å². The number of rotatable bonds is 6. The Morgan fingerprint density at radius 3 is 2.54 bits per heavy atom. The minimum atomic E-state index is -0.448. The number of carbonyl (C=O) groups is 1. The molecule has 0 aliphatic carbocycles. The summed E-state index contributed by atoms with van der Waals surface area (Å²) in [7, 11) is 0. The van der Waals surface area contributed by atoms with Gasteiger partial charge in [0.2, 0.25) is 0 Å². The quantitative estimate of drug-likeness (QED) is 0.419.